The lowest BCUT2D eigenvalue weighted by atomic mass is 9.79. The second kappa shape index (κ2) is 5.29. The highest BCUT2D eigenvalue weighted by Crippen LogP contribution is 2.48. The molecule has 0 aromatic carbocycles. The van der Waals surface area contributed by atoms with Crippen LogP contribution >= 0.6 is 0 Å². The molecule has 7 heteroatoms. The van der Waals surface area contributed by atoms with E-state index in [-0.39, 0.29) is 17.7 Å². The van der Waals surface area contributed by atoms with Crippen molar-refractivity contribution in [3.8, 4) is 0 Å². The number of hydrogen-bond acceptors (Lipinski definition) is 4. The summed E-state index contributed by atoms with van der Waals surface area (Å²) in [6, 6.07) is -0.385. The minimum atomic E-state index is -1.40. The maximum absolute atomic E-state index is 12.3. The molecule has 0 saturated carbocycles. The molecule has 112 valence electrons. The zero-order valence-corrected chi connectivity index (χ0v) is 12.5. The summed E-state index contributed by atoms with van der Waals surface area (Å²) in [4.78, 5) is 25.0. The molecule has 2 N–H and O–H groups in total. The van der Waals surface area contributed by atoms with Crippen LogP contribution in [-0.2, 0) is 20.4 Å². The van der Waals surface area contributed by atoms with Crippen molar-refractivity contribution >= 4 is 22.7 Å². The minimum Gasteiger partial charge on any atom is -0.477 e. The number of carboxylic acids is 1. The quantitative estimate of drug-likeness (QED) is 0.712. The number of hydrogen-bond donors (Lipinski definition) is 2. The van der Waals surface area contributed by atoms with Gasteiger partial charge in [-0.3, -0.25) is 9.00 Å². The van der Waals surface area contributed by atoms with Gasteiger partial charge in [0.1, 0.15) is 5.70 Å². The molecule has 2 rings (SSSR count). The summed E-state index contributed by atoms with van der Waals surface area (Å²) < 4.78 is 12.3. The molecule has 2 heterocycles. The van der Waals surface area contributed by atoms with Crippen LogP contribution in [0.3, 0.4) is 0 Å². The van der Waals surface area contributed by atoms with E-state index in [9.17, 15) is 24.0 Å². The number of aliphatic carboxylic acids is 1. The number of carbonyl (C=O) groups is 2. The Bertz CT molecular complexity index is 513. The predicted octanol–water partition coefficient (Wildman–Crippen LogP) is 0.299. The second-order valence-corrected chi connectivity index (χ2v) is 6.86. The number of carbonyl (C=O) groups excluding carboxylic acids is 1. The molecule has 0 radical (unpaired) electrons. The van der Waals surface area contributed by atoms with E-state index in [0.29, 0.717) is 17.1 Å². The average molecular weight is 301 g/mol. The second-order valence-electron chi connectivity index (χ2n) is 5.32. The number of rotatable bonds is 5. The number of nitrogens with zero attached hydrogens (tertiary/aromatic N) is 1. The van der Waals surface area contributed by atoms with Gasteiger partial charge in [0.05, 0.1) is 33.8 Å². The Labute approximate surface area is 119 Å². The molecule has 0 spiro atoms. The van der Waals surface area contributed by atoms with E-state index in [4.69, 9.17) is 0 Å². The summed E-state index contributed by atoms with van der Waals surface area (Å²) in [6.07, 6.45) is -0.158. The first-order valence-electron chi connectivity index (χ1n) is 6.69. The first-order chi connectivity index (χ1) is 9.32. The highest BCUT2D eigenvalue weighted by atomic mass is 32.2. The van der Waals surface area contributed by atoms with Crippen molar-refractivity contribution in [1.82, 2.24) is 4.90 Å². The molecule has 2 aliphatic rings. The highest BCUT2D eigenvalue weighted by molar-refractivity contribution is 7.89. The smallest absolute Gasteiger partial charge is 0.353 e. The SMILES string of the molecule is CCCS(=O)C1=C(C(=O)O)N2C(=O)C(C(C)O)C2C1C. The molecular weight excluding hydrogens is 282 g/mol. The number of carboxylic acid groups (broad SMARTS) is 1. The van der Waals surface area contributed by atoms with Crippen LogP contribution in [0.15, 0.2) is 10.6 Å². The summed E-state index contributed by atoms with van der Waals surface area (Å²) in [5, 5.41) is 19.0. The molecule has 5 unspecified atom stereocenters. The fraction of sp³-hybridized carbons (Fsp3) is 0.692. The lowest BCUT2D eigenvalue weighted by molar-refractivity contribution is -0.163. The molecule has 1 fully saturated rings. The van der Waals surface area contributed by atoms with Gasteiger partial charge in [0.2, 0.25) is 5.91 Å². The number of aliphatic hydroxyl groups is 1. The lowest BCUT2D eigenvalue weighted by Crippen LogP contribution is -2.63. The van der Waals surface area contributed by atoms with E-state index in [0.717, 1.165) is 0 Å². The van der Waals surface area contributed by atoms with Crippen LogP contribution in [0, 0.1) is 11.8 Å². The first-order valence-corrected chi connectivity index (χ1v) is 8.01. The number of fused-ring (bicyclic) bond motifs is 1. The van der Waals surface area contributed by atoms with Crippen LogP contribution in [0.5, 0.6) is 0 Å². The highest BCUT2D eigenvalue weighted by Gasteiger charge is 2.60. The van der Waals surface area contributed by atoms with Crippen molar-refractivity contribution in [3.05, 3.63) is 10.6 Å². The summed E-state index contributed by atoms with van der Waals surface area (Å²) in [5.41, 5.74) is -0.142. The van der Waals surface area contributed by atoms with Crippen molar-refractivity contribution in [1.29, 1.82) is 0 Å². The molecule has 1 saturated heterocycles. The molecule has 6 nitrogen and oxygen atoms in total. The van der Waals surface area contributed by atoms with Crippen molar-refractivity contribution in [2.45, 2.75) is 39.3 Å². The zero-order valence-electron chi connectivity index (χ0n) is 11.7. The van der Waals surface area contributed by atoms with Gasteiger partial charge in [0.25, 0.3) is 0 Å². The van der Waals surface area contributed by atoms with Crippen molar-refractivity contribution in [3.63, 3.8) is 0 Å². The van der Waals surface area contributed by atoms with Gasteiger partial charge in [-0.1, -0.05) is 13.8 Å². The molecule has 0 aromatic rings. The standard InChI is InChI=1S/C13H19NO5S/c1-4-5-20(19)11-6(2)9-8(7(3)15)12(16)14(9)10(11)13(17)18/h6-9,15H,4-5H2,1-3H3,(H,17,18). The maximum atomic E-state index is 12.3. The van der Waals surface area contributed by atoms with E-state index in [1.54, 1.807) is 6.92 Å². The van der Waals surface area contributed by atoms with Crippen LogP contribution in [0.4, 0.5) is 0 Å². The van der Waals surface area contributed by atoms with Crippen molar-refractivity contribution in [2.24, 2.45) is 11.8 Å². The summed E-state index contributed by atoms with van der Waals surface area (Å²) >= 11 is 0. The van der Waals surface area contributed by atoms with E-state index in [1.165, 1.54) is 11.8 Å². The van der Waals surface area contributed by atoms with Gasteiger partial charge in [-0.25, -0.2) is 4.79 Å². The van der Waals surface area contributed by atoms with Crippen LogP contribution < -0.4 is 0 Å². The van der Waals surface area contributed by atoms with E-state index < -0.39 is 34.7 Å². The third-order valence-electron chi connectivity index (χ3n) is 3.95. The van der Waals surface area contributed by atoms with Crippen LogP contribution in [0.2, 0.25) is 0 Å². The average Bonchev–Trinajstić information content (AvgIpc) is 2.59. The molecule has 20 heavy (non-hydrogen) atoms. The lowest BCUT2D eigenvalue weighted by Gasteiger charge is -2.46. The van der Waals surface area contributed by atoms with Crippen LogP contribution in [0.1, 0.15) is 27.2 Å². The van der Waals surface area contributed by atoms with E-state index >= 15 is 0 Å². The third kappa shape index (κ3) is 2.00. The van der Waals surface area contributed by atoms with Crippen molar-refractivity contribution in [2.75, 3.05) is 5.75 Å². The van der Waals surface area contributed by atoms with Gasteiger partial charge >= 0.3 is 5.97 Å². The van der Waals surface area contributed by atoms with Gasteiger partial charge in [-0.2, -0.15) is 0 Å². The van der Waals surface area contributed by atoms with Gasteiger partial charge in [-0.15, -0.1) is 0 Å². The van der Waals surface area contributed by atoms with Gasteiger partial charge in [0, 0.05) is 11.7 Å². The Balaban J connectivity index is 2.42. The maximum Gasteiger partial charge on any atom is 0.353 e. The third-order valence-corrected chi connectivity index (χ3v) is 5.78. The Morgan fingerprint density at radius 2 is 2.10 bits per heavy atom. The van der Waals surface area contributed by atoms with Crippen LogP contribution in [0.25, 0.3) is 0 Å². The molecule has 1 amide bonds. The zero-order chi connectivity index (χ0) is 15.2. The molecular formula is C13H19NO5S. The van der Waals surface area contributed by atoms with Gasteiger partial charge in [-0.05, 0) is 13.3 Å². The summed E-state index contributed by atoms with van der Waals surface area (Å²) in [5.74, 6) is -2.14. The van der Waals surface area contributed by atoms with Gasteiger partial charge < -0.3 is 15.1 Å². The van der Waals surface area contributed by atoms with Crippen LogP contribution in [-0.4, -0.2) is 49.1 Å². The largest absolute Gasteiger partial charge is 0.477 e. The first kappa shape index (κ1) is 15.2. The Kier molecular flexibility index (Phi) is 4.02. The molecule has 0 bridgehead atoms. The Hall–Kier alpha value is -1.21. The summed E-state index contributed by atoms with van der Waals surface area (Å²) in [7, 11) is -1.40. The summed E-state index contributed by atoms with van der Waals surface area (Å²) in [6.45, 7) is 5.17. The van der Waals surface area contributed by atoms with E-state index in [1.807, 2.05) is 6.92 Å². The molecule has 0 aromatic heterocycles. The Morgan fingerprint density at radius 3 is 2.55 bits per heavy atom. The fourth-order valence-electron chi connectivity index (χ4n) is 3.13. The van der Waals surface area contributed by atoms with E-state index in [2.05, 4.69) is 0 Å². The normalized spacial score (nSPS) is 31.9. The molecule has 5 atom stereocenters. The minimum absolute atomic E-state index is 0.142. The molecule has 2 aliphatic heterocycles. The predicted molar refractivity (Wildman–Crippen MR) is 72.9 cm³/mol. The van der Waals surface area contributed by atoms with Gasteiger partial charge in [0.15, 0.2) is 0 Å². The Morgan fingerprint density at radius 1 is 1.50 bits per heavy atom. The topological polar surface area (TPSA) is 94.9 Å². The fourth-order valence-corrected chi connectivity index (χ4v) is 4.67. The number of β-lactam (4-membered cyclic amide) rings is 1. The van der Waals surface area contributed by atoms with Crippen molar-refractivity contribution < 1.29 is 24.0 Å². The number of aliphatic hydroxyl groups excluding tert-OH is 1. The number of amides is 1. The monoisotopic (exact) mass is 301 g/mol. The molecule has 0 aliphatic carbocycles.